The number of nitrogens with zero attached hydrogens (tertiary/aromatic N) is 3. The summed E-state index contributed by atoms with van der Waals surface area (Å²) in [4.78, 5) is 22.9. The summed E-state index contributed by atoms with van der Waals surface area (Å²) in [6.45, 7) is 10.2. The van der Waals surface area contributed by atoms with Crippen LogP contribution >= 0.6 is 35.3 Å². The van der Waals surface area contributed by atoms with Crippen LogP contribution < -0.4 is 16.0 Å². The average molecular weight is 518 g/mol. The minimum atomic E-state index is 0. The molecule has 0 radical (unpaired) electrons. The van der Waals surface area contributed by atoms with Gasteiger partial charge in [0, 0.05) is 39.1 Å². The zero-order valence-corrected chi connectivity index (χ0v) is 20.0. The molecule has 0 atom stereocenters. The average Bonchev–Trinajstić information content (AvgIpc) is 3.09. The van der Waals surface area contributed by atoms with Gasteiger partial charge in [0.05, 0.1) is 16.8 Å². The lowest BCUT2D eigenvalue weighted by molar-refractivity contribution is -0.130. The van der Waals surface area contributed by atoms with Crippen LogP contribution in [0.25, 0.3) is 10.2 Å². The Balaban J connectivity index is 0.00000392. The molecule has 0 spiro atoms. The molecule has 7 nitrogen and oxygen atoms in total. The second-order valence-corrected chi connectivity index (χ2v) is 6.95. The van der Waals surface area contributed by atoms with Gasteiger partial charge in [0.1, 0.15) is 0 Å². The molecule has 28 heavy (non-hydrogen) atoms. The van der Waals surface area contributed by atoms with Gasteiger partial charge in [-0.3, -0.25) is 9.79 Å². The molecule has 2 aromatic rings. The van der Waals surface area contributed by atoms with E-state index in [1.54, 1.807) is 11.3 Å². The summed E-state index contributed by atoms with van der Waals surface area (Å²) in [5.74, 6) is 0.882. The first-order valence-electron chi connectivity index (χ1n) is 9.57. The normalized spacial score (nSPS) is 11.0. The summed E-state index contributed by atoms with van der Waals surface area (Å²) < 4.78 is 1.18. The highest BCUT2D eigenvalue weighted by molar-refractivity contribution is 14.0. The third-order valence-corrected chi connectivity index (χ3v) is 5.04. The topological polar surface area (TPSA) is 81.7 Å². The van der Waals surface area contributed by atoms with Crippen LogP contribution in [0.3, 0.4) is 0 Å². The van der Waals surface area contributed by atoms with E-state index in [0.717, 1.165) is 42.8 Å². The van der Waals surface area contributed by atoms with Crippen molar-refractivity contribution < 1.29 is 4.79 Å². The molecule has 0 saturated heterocycles. The molecular weight excluding hydrogens is 487 g/mol. The number of halogens is 1. The zero-order chi connectivity index (χ0) is 19.5. The Morgan fingerprint density at radius 3 is 2.57 bits per heavy atom. The summed E-state index contributed by atoms with van der Waals surface area (Å²) in [6.07, 6.45) is 0.433. The molecule has 1 heterocycles. The van der Waals surface area contributed by atoms with E-state index in [0.29, 0.717) is 19.5 Å². The SMILES string of the molecule is CCNC(=NCCC(=O)N(CC)CC)NCCNc1nc2ccccc2s1.I. The van der Waals surface area contributed by atoms with E-state index < -0.39 is 0 Å². The van der Waals surface area contributed by atoms with Crippen molar-refractivity contribution in [2.45, 2.75) is 27.2 Å². The predicted octanol–water partition coefficient (Wildman–Crippen LogP) is 3.14. The minimum absolute atomic E-state index is 0. The Hall–Kier alpha value is -1.62. The molecule has 0 aliphatic heterocycles. The van der Waals surface area contributed by atoms with E-state index in [1.165, 1.54) is 4.70 Å². The highest BCUT2D eigenvalue weighted by atomic mass is 127. The summed E-state index contributed by atoms with van der Waals surface area (Å²) in [5.41, 5.74) is 1.02. The molecule has 0 fully saturated rings. The number of anilines is 1. The molecule has 2 rings (SSSR count). The Morgan fingerprint density at radius 2 is 1.89 bits per heavy atom. The molecule has 0 unspecified atom stereocenters. The number of benzene rings is 1. The number of hydrogen-bond donors (Lipinski definition) is 3. The number of aliphatic imine (C=N–C) groups is 1. The van der Waals surface area contributed by atoms with E-state index in [-0.39, 0.29) is 29.9 Å². The molecule has 156 valence electrons. The number of amides is 1. The monoisotopic (exact) mass is 518 g/mol. The predicted molar refractivity (Wildman–Crippen MR) is 130 cm³/mol. The maximum absolute atomic E-state index is 12.0. The van der Waals surface area contributed by atoms with Gasteiger partial charge in [0.25, 0.3) is 0 Å². The number of para-hydroxylation sites is 1. The maximum atomic E-state index is 12.0. The zero-order valence-electron chi connectivity index (χ0n) is 16.8. The molecule has 9 heteroatoms. The smallest absolute Gasteiger partial charge is 0.224 e. The van der Waals surface area contributed by atoms with Crippen molar-refractivity contribution >= 4 is 62.5 Å². The lowest BCUT2D eigenvalue weighted by atomic mass is 10.3. The molecule has 0 aliphatic carbocycles. The van der Waals surface area contributed by atoms with Crippen molar-refractivity contribution in [3.63, 3.8) is 0 Å². The van der Waals surface area contributed by atoms with Crippen molar-refractivity contribution in [1.82, 2.24) is 20.5 Å². The summed E-state index contributed by atoms with van der Waals surface area (Å²) >= 11 is 1.65. The minimum Gasteiger partial charge on any atom is -0.360 e. The number of rotatable bonds is 10. The second kappa shape index (κ2) is 13.5. The Kier molecular flexibility index (Phi) is 11.8. The van der Waals surface area contributed by atoms with Gasteiger partial charge in [-0.1, -0.05) is 23.5 Å². The second-order valence-electron chi connectivity index (χ2n) is 5.92. The van der Waals surface area contributed by atoms with E-state index in [9.17, 15) is 4.79 Å². The van der Waals surface area contributed by atoms with Crippen LogP contribution in [-0.2, 0) is 4.79 Å². The molecule has 0 bridgehead atoms. The number of nitrogens with one attached hydrogen (secondary N) is 3. The number of carbonyl (C=O) groups is 1. The molecule has 1 aromatic carbocycles. The van der Waals surface area contributed by atoms with Gasteiger partial charge in [-0.25, -0.2) is 4.98 Å². The summed E-state index contributed by atoms with van der Waals surface area (Å²) in [7, 11) is 0. The Labute approximate surface area is 188 Å². The lowest BCUT2D eigenvalue weighted by Crippen LogP contribution is -2.40. The number of aromatic nitrogens is 1. The van der Waals surface area contributed by atoms with Gasteiger partial charge in [0.15, 0.2) is 11.1 Å². The number of carbonyl (C=O) groups excluding carboxylic acids is 1. The van der Waals surface area contributed by atoms with Crippen molar-refractivity contribution in [2.75, 3.05) is 44.6 Å². The Morgan fingerprint density at radius 1 is 1.14 bits per heavy atom. The van der Waals surface area contributed by atoms with Gasteiger partial charge >= 0.3 is 0 Å². The first kappa shape index (κ1) is 24.4. The van der Waals surface area contributed by atoms with Crippen LogP contribution in [0.1, 0.15) is 27.2 Å². The van der Waals surface area contributed by atoms with Gasteiger partial charge < -0.3 is 20.9 Å². The third kappa shape index (κ3) is 7.78. The molecule has 1 amide bonds. The quantitative estimate of drug-likeness (QED) is 0.195. The number of fused-ring (bicyclic) bond motifs is 1. The third-order valence-electron chi connectivity index (χ3n) is 4.04. The van der Waals surface area contributed by atoms with Crippen molar-refractivity contribution in [1.29, 1.82) is 0 Å². The fraction of sp³-hybridized carbons (Fsp3) is 0.526. The summed E-state index contributed by atoms with van der Waals surface area (Å²) in [5, 5.41) is 10.7. The molecule has 1 aromatic heterocycles. The first-order valence-corrected chi connectivity index (χ1v) is 10.4. The molecular formula is C19H31IN6OS. The van der Waals surface area contributed by atoms with Crippen LogP contribution in [0.15, 0.2) is 29.3 Å². The van der Waals surface area contributed by atoms with Crippen molar-refractivity contribution in [3.05, 3.63) is 24.3 Å². The van der Waals surface area contributed by atoms with Crippen LogP contribution in [0.5, 0.6) is 0 Å². The fourth-order valence-electron chi connectivity index (χ4n) is 2.64. The number of thiazole rings is 1. The standard InChI is InChI=1S/C19H30N6OS.HI/c1-4-20-18(21-12-11-17(26)25(5-2)6-3)22-13-14-23-19-24-15-9-7-8-10-16(15)27-19;/h7-10H,4-6,11-14H2,1-3H3,(H,23,24)(H2,20,21,22);1H. The molecule has 3 N–H and O–H groups in total. The molecule has 0 aliphatic rings. The van der Waals surface area contributed by atoms with E-state index in [1.807, 2.05) is 43.9 Å². The van der Waals surface area contributed by atoms with Crippen LogP contribution in [-0.4, -0.2) is 61.0 Å². The highest BCUT2D eigenvalue weighted by Crippen LogP contribution is 2.24. The van der Waals surface area contributed by atoms with Crippen LogP contribution in [0.4, 0.5) is 5.13 Å². The van der Waals surface area contributed by atoms with Gasteiger partial charge in [-0.15, -0.1) is 24.0 Å². The number of hydrogen-bond acceptors (Lipinski definition) is 5. The van der Waals surface area contributed by atoms with Gasteiger partial charge in [-0.05, 0) is 32.9 Å². The van der Waals surface area contributed by atoms with E-state index in [4.69, 9.17) is 0 Å². The van der Waals surface area contributed by atoms with Crippen molar-refractivity contribution in [2.24, 2.45) is 4.99 Å². The van der Waals surface area contributed by atoms with Gasteiger partial charge in [-0.2, -0.15) is 0 Å². The highest BCUT2D eigenvalue weighted by Gasteiger charge is 2.08. The first-order chi connectivity index (χ1) is 13.2. The maximum Gasteiger partial charge on any atom is 0.224 e. The van der Waals surface area contributed by atoms with E-state index >= 15 is 0 Å². The Bertz CT molecular complexity index is 714. The van der Waals surface area contributed by atoms with Crippen LogP contribution in [0.2, 0.25) is 0 Å². The largest absolute Gasteiger partial charge is 0.360 e. The van der Waals surface area contributed by atoms with E-state index in [2.05, 4.69) is 32.0 Å². The molecule has 0 saturated carbocycles. The number of guanidine groups is 1. The lowest BCUT2D eigenvalue weighted by Gasteiger charge is -2.18. The summed E-state index contributed by atoms with van der Waals surface area (Å²) in [6, 6.07) is 8.12. The fourth-order valence-corrected chi connectivity index (χ4v) is 3.53. The van der Waals surface area contributed by atoms with Crippen LogP contribution in [0, 0.1) is 0 Å². The van der Waals surface area contributed by atoms with Gasteiger partial charge in [0.2, 0.25) is 5.91 Å². The van der Waals surface area contributed by atoms with Crippen molar-refractivity contribution in [3.8, 4) is 0 Å².